The Morgan fingerprint density at radius 2 is 1.79 bits per heavy atom. The molecule has 4 rings (SSSR count). The number of hydrogen-bond donors (Lipinski definition) is 1. The Morgan fingerprint density at radius 3 is 2.39 bits per heavy atom. The maximum atomic E-state index is 15.6. The molecule has 0 aliphatic carbocycles. The lowest BCUT2D eigenvalue weighted by atomic mass is 9.84. The van der Waals surface area contributed by atoms with Gasteiger partial charge in [-0.25, -0.2) is 23.4 Å². The van der Waals surface area contributed by atoms with Crippen molar-refractivity contribution in [3.05, 3.63) is 83.2 Å². The van der Waals surface area contributed by atoms with Gasteiger partial charge in [0.05, 0.1) is 30.2 Å². The van der Waals surface area contributed by atoms with Crippen LogP contribution in [0.3, 0.4) is 0 Å². The Bertz CT molecular complexity index is 1240. The third-order valence-electron chi connectivity index (χ3n) is 4.54. The van der Waals surface area contributed by atoms with Gasteiger partial charge in [-0.2, -0.15) is 8.78 Å². The topological polar surface area (TPSA) is 112 Å². The smallest absolute Gasteiger partial charge is 0.323 e. The van der Waals surface area contributed by atoms with Crippen molar-refractivity contribution in [1.82, 2.24) is 35.2 Å². The summed E-state index contributed by atoms with van der Waals surface area (Å²) in [5.74, 6) is -6.57. The molecule has 0 aliphatic heterocycles. The van der Waals surface area contributed by atoms with E-state index in [2.05, 4.69) is 30.5 Å². The molecule has 3 heterocycles. The molecule has 0 fully saturated rings. The lowest BCUT2D eigenvalue weighted by molar-refractivity contribution is -0.207. The van der Waals surface area contributed by atoms with Gasteiger partial charge in [0.2, 0.25) is 0 Å². The molecule has 3 aromatic heterocycles. The fraction of sp³-hybridized carbons (Fsp3) is 0.158. The van der Waals surface area contributed by atoms with E-state index in [1.54, 1.807) is 0 Å². The number of benzene rings is 1. The van der Waals surface area contributed by atoms with Crippen LogP contribution in [0.4, 0.5) is 17.6 Å². The van der Waals surface area contributed by atoms with Crippen molar-refractivity contribution in [2.75, 3.05) is 0 Å². The monoisotopic (exact) mass is 481 g/mol. The zero-order chi connectivity index (χ0) is 23.6. The molecule has 33 heavy (non-hydrogen) atoms. The highest BCUT2D eigenvalue weighted by molar-refractivity contribution is 6.30. The molecule has 170 valence electrons. The fourth-order valence-corrected chi connectivity index (χ4v) is 3.06. The molecule has 1 N–H and O–H groups in total. The van der Waals surface area contributed by atoms with Gasteiger partial charge < -0.3 is 9.84 Å². The molecule has 0 bridgehead atoms. The third-order valence-corrected chi connectivity index (χ3v) is 4.74. The molecule has 1 unspecified atom stereocenters. The number of tetrazole rings is 1. The second kappa shape index (κ2) is 8.67. The van der Waals surface area contributed by atoms with Crippen LogP contribution in [0.1, 0.15) is 11.3 Å². The lowest BCUT2D eigenvalue weighted by Gasteiger charge is -2.35. The van der Waals surface area contributed by atoms with Gasteiger partial charge in [0.25, 0.3) is 0 Å². The number of aromatic nitrogens is 7. The number of alkyl halides is 2. The van der Waals surface area contributed by atoms with Gasteiger partial charge in [-0.1, -0.05) is 11.6 Å². The molecule has 9 nitrogen and oxygen atoms in total. The molecule has 0 amide bonds. The van der Waals surface area contributed by atoms with Crippen LogP contribution < -0.4 is 4.74 Å². The largest absolute Gasteiger partial charge is 0.423 e. The summed E-state index contributed by atoms with van der Waals surface area (Å²) in [7, 11) is 0. The van der Waals surface area contributed by atoms with E-state index in [1.165, 1.54) is 12.4 Å². The van der Waals surface area contributed by atoms with Gasteiger partial charge in [0, 0.05) is 11.6 Å². The van der Waals surface area contributed by atoms with E-state index < -0.39 is 41.0 Å². The summed E-state index contributed by atoms with van der Waals surface area (Å²) in [6, 6.07) is 3.74. The fourth-order valence-electron chi connectivity index (χ4n) is 2.96. The first-order chi connectivity index (χ1) is 15.7. The van der Waals surface area contributed by atoms with Crippen LogP contribution in [0.2, 0.25) is 5.02 Å². The van der Waals surface area contributed by atoms with Crippen molar-refractivity contribution in [2.24, 2.45) is 0 Å². The Balaban J connectivity index is 1.70. The quantitative estimate of drug-likeness (QED) is 0.400. The van der Waals surface area contributed by atoms with Crippen LogP contribution in [0, 0.1) is 11.6 Å². The van der Waals surface area contributed by atoms with Crippen LogP contribution in [0.25, 0.3) is 0 Å². The molecule has 0 aliphatic rings. The van der Waals surface area contributed by atoms with Gasteiger partial charge >= 0.3 is 11.9 Å². The molecule has 0 saturated heterocycles. The summed E-state index contributed by atoms with van der Waals surface area (Å²) < 4.78 is 65.2. The molecule has 1 atom stereocenters. The second-order valence-corrected chi connectivity index (χ2v) is 7.17. The van der Waals surface area contributed by atoms with E-state index in [9.17, 15) is 13.9 Å². The first-order valence-corrected chi connectivity index (χ1v) is 9.45. The predicted octanol–water partition coefficient (Wildman–Crippen LogP) is 3.26. The Morgan fingerprint density at radius 1 is 1.03 bits per heavy atom. The van der Waals surface area contributed by atoms with Gasteiger partial charge in [0.1, 0.15) is 29.4 Å². The van der Waals surface area contributed by atoms with Crippen molar-refractivity contribution in [2.45, 2.75) is 18.1 Å². The normalized spacial score (nSPS) is 13.5. The van der Waals surface area contributed by atoms with Crippen molar-refractivity contribution in [1.29, 1.82) is 0 Å². The number of rotatable bonds is 7. The first kappa shape index (κ1) is 22.5. The van der Waals surface area contributed by atoms with Crippen LogP contribution in [-0.4, -0.2) is 40.3 Å². The van der Waals surface area contributed by atoms with Crippen molar-refractivity contribution in [3.8, 4) is 11.8 Å². The highest BCUT2D eigenvalue weighted by atomic mass is 35.5. The van der Waals surface area contributed by atoms with Gasteiger partial charge in [-0.3, -0.25) is 4.98 Å². The standard InChI is InChI=1S/C19H12ClF4N7O2/c20-11-6-26-17(27-7-11)33-13-2-4-16(25-8-13)19(23,24)18(32,9-31-10-28-29-30-31)14-3-1-12(21)5-15(14)22/h1-8,10,32H,9H2. The maximum Gasteiger partial charge on any atom is 0.323 e. The summed E-state index contributed by atoms with van der Waals surface area (Å²) in [4.78, 5) is 11.3. The maximum absolute atomic E-state index is 15.6. The Kier molecular flexibility index (Phi) is 5.91. The number of halogens is 5. The number of ether oxygens (including phenoxy) is 1. The molecule has 4 aromatic rings. The van der Waals surface area contributed by atoms with Gasteiger partial charge in [-0.15, -0.1) is 5.10 Å². The molecule has 0 spiro atoms. The first-order valence-electron chi connectivity index (χ1n) is 9.07. The number of pyridine rings is 1. The molecule has 0 saturated carbocycles. The molecular weight excluding hydrogens is 470 g/mol. The van der Waals surface area contributed by atoms with Crippen LogP contribution in [-0.2, 0) is 18.1 Å². The number of hydrogen-bond acceptors (Lipinski definition) is 8. The SMILES string of the molecule is OC(Cn1cnnn1)(c1ccc(F)cc1F)C(F)(F)c1ccc(Oc2ncc(Cl)cn2)cn1. The highest BCUT2D eigenvalue weighted by Gasteiger charge is 2.58. The summed E-state index contributed by atoms with van der Waals surface area (Å²) in [6.07, 6.45) is 4.45. The van der Waals surface area contributed by atoms with E-state index in [0.29, 0.717) is 6.07 Å². The number of nitrogens with zero attached hydrogens (tertiary/aromatic N) is 7. The zero-order valence-electron chi connectivity index (χ0n) is 16.3. The molecule has 1 aromatic carbocycles. The van der Waals surface area contributed by atoms with Crippen molar-refractivity contribution >= 4 is 11.6 Å². The minimum absolute atomic E-state index is 0.00820. The summed E-state index contributed by atoms with van der Waals surface area (Å²) >= 11 is 5.69. The minimum atomic E-state index is -4.19. The van der Waals surface area contributed by atoms with E-state index in [-0.39, 0.29) is 16.8 Å². The van der Waals surface area contributed by atoms with Crippen LogP contribution in [0.15, 0.2) is 55.2 Å². The molecule has 14 heteroatoms. The Hall–Kier alpha value is -3.71. The average Bonchev–Trinajstić information content (AvgIpc) is 3.28. The second-order valence-electron chi connectivity index (χ2n) is 6.73. The lowest BCUT2D eigenvalue weighted by Crippen LogP contribution is -2.48. The minimum Gasteiger partial charge on any atom is -0.423 e. The molecular formula is C19H12ClF4N7O2. The highest BCUT2D eigenvalue weighted by Crippen LogP contribution is 2.46. The van der Waals surface area contributed by atoms with E-state index in [1.807, 2.05) is 0 Å². The van der Waals surface area contributed by atoms with E-state index in [4.69, 9.17) is 16.3 Å². The summed E-state index contributed by atoms with van der Waals surface area (Å²) in [6.45, 7) is -0.964. The zero-order valence-corrected chi connectivity index (χ0v) is 17.0. The van der Waals surface area contributed by atoms with E-state index in [0.717, 1.165) is 41.5 Å². The van der Waals surface area contributed by atoms with Gasteiger partial charge in [-0.05, 0) is 34.7 Å². The average molecular weight is 482 g/mol. The van der Waals surface area contributed by atoms with Gasteiger partial charge in [0.15, 0.2) is 5.60 Å². The van der Waals surface area contributed by atoms with Crippen molar-refractivity contribution < 1.29 is 27.4 Å². The third kappa shape index (κ3) is 4.45. The number of aliphatic hydroxyl groups is 1. The van der Waals surface area contributed by atoms with Crippen LogP contribution >= 0.6 is 11.6 Å². The van der Waals surface area contributed by atoms with Crippen LogP contribution in [0.5, 0.6) is 11.8 Å². The van der Waals surface area contributed by atoms with Crippen molar-refractivity contribution in [3.63, 3.8) is 0 Å². The Labute approximate surface area is 187 Å². The summed E-state index contributed by atoms with van der Waals surface area (Å²) in [5, 5.41) is 21.5. The predicted molar refractivity (Wildman–Crippen MR) is 103 cm³/mol. The molecule has 0 radical (unpaired) electrons. The summed E-state index contributed by atoms with van der Waals surface area (Å²) in [5.41, 5.74) is -5.04. The van der Waals surface area contributed by atoms with E-state index >= 15 is 8.78 Å².